The fourth-order valence-corrected chi connectivity index (χ4v) is 4.93. The molecule has 2 aromatic carbocycles. The van der Waals surface area contributed by atoms with Gasteiger partial charge < -0.3 is 9.47 Å². The minimum atomic E-state index is -0.768. The summed E-state index contributed by atoms with van der Waals surface area (Å²) in [5, 5.41) is 0.639. The number of aromatic nitrogens is 2. The maximum atomic E-state index is 13.0. The van der Waals surface area contributed by atoms with Gasteiger partial charge in [-0.15, -0.1) is 0 Å². The number of rotatable bonds is 7. The van der Waals surface area contributed by atoms with E-state index in [2.05, 4.69) is 52.1 Å². The number of alkyl halides is 1. The average molecular weight is 469 g/mol. The molecule has 0 unspecified atom stereocenters. The lowest BCUT2D eigenvalue weighted by Gasteiger charge is -2.32. The van der Waals surface area contributed by atoms with Crippen molar-refractivity contribution in [3.05, 3.63) is 93.5 Å². The van der Waals surface area contributed by atoms with Gasteiger partial charge in [-0.25, -0.2) is 4.79 Å². The second-order valence-electron chi connectivity index (χ2n) is 7.43. The number of methoxy groups -OCH3 is 1. The van der Waals surface area contributed by atoms with Crippen LogP contribution in [0.3, 0.4) is 0 Å². The van der Waals surface area contributed by atoms with Gasteiger partial charge in [0.1, 0.15) is 5.60 Å². The first-order chi connectivity index (χ1) is 14.6. The molecule has 1 aliphatic rings. The summed E-state index contributed by atoms with van der Waals surface area (Å²) in [5.41, 5.74) is 2.81. The molecular weight excluding hydrogens is 444 g/mol. The van der Waals surface area contributed by atoms with Crippen molar-refractivity contribution >= 4 is 15.9 Å². The molecule has 0 aliphatic carbocycles. The van der Waals surface area contributed by atoms with Gasteiger partial charge in [-0.1, -0.05) is 83.5 Å². The van der Waals surface area contributed by atoms with E-state index in [1.54, 1.807) is 11.7 Å². The van der Waals surface area contributed by atoms with Crippen molar-refractivity contribution in [3.8, 4) is 5.88 Å². The highest BCUT2D eigenvalue weighted by molar-refractivity contribution is 9.09. The molecule has 0 spiro atoms. The topological polar surface area (TPSA) is 53.3 Å². The summed E-state index contributed by atoms with van der Waals surface area (Å²) >= 11 is 3.61. The van der Waals surface area contributed by atoms with Crippen molar-refractivity contribution in [2.24, 2.45) is 0 Å². The number of halogens is 1. The SMILES string of the molecule is CCc1c(OC)nc(=O)n2c1[C@@](OCc1ccccc1)(c1ccccc1)C[C@H]2CBr. The highest BCUT2D eigenvalue weighted by atomic mass is 79.9. The molecule has 0 radical (unpaired) electrons. The van der Waals surface area contributed by atoms with E-state index in [-0.39, 0.29) is 11.7 Å². The van der Waals surface area contributed by atoms with E-state index >= 15 is 0 Å². The van der Waals surface area contributed by atoms with Crippen LogP contribution in [-0.4, -0.2) is 22.0 Å². The van der Waals surface area contributed by atoms with Gasteiger partial charge in [-0.3, -0.25) is 4.57 Å². The Kier molecular flexibility index (Phi) is 6.06. The first-order valence-corrected chi connectivity index (χ1v) is 11.3. The van der Waals surface area contributed by atoms with Gasteiger partial charge >= 0.3 is 5.69 Å². The van der Waals surface area contributed by atoms with Crippen LogP contribution in [0.25, 0.3) is 0 Å². The highest BCUT2D eigenvalue weighted by Gasteiger charge is 2.49. The van der Waals surface area contributed by atoms with Gasteiger partial charge in [0, 0.05) is 17.3 Å². The van der Waals surface area contributed by atoms with Crippen LogP contribution in [-0.2, 0) is 23.4 Å². The zero-order chi connectivity index (χ0) is 21.1. The van der Waals surface area contributed by atoms with Gasteiger partial charge in [0.25, 0.3) is 0 Å². The Labute approximate surface area is 184 Å². The molecule has 3 aromatic rings. The van der Waals surface area contributed by atoms with Crippen molar-refractivity contribution in [1.29, 1.82) is 0 Å². The lowest BCUT2D eigenvalue weighted by atomic mass is 9.85. The molecule has 2 heterocycles. The Morgan fingerprint density at radius 2 is 1.80 bits per heavy atom. The molecule has 0 saturated carbocycles. The third-order valence-electron chi connectivity index (χ3n) is 5.75. The van der Waals surface area contributed by atoms with Crippen LogP contribution in [0.15, 0.2) is 65.5 Å². The van der Waals surface area contributed by atoms with E-state index in [1.807, 2.05) is 36.4 Å². The summed E-state index contributed by atoms with van der Waals surface area (Å²) in [6.07, 6.45) is 1.33. The predicted molar refractivity (Wildman–Crippen MR) is 120 cm³/mol. The van der Waals surface area contributed by atoms with Crippen molar-refractivity contribution in [2.45, 2.75) is 38.0 Å². The molecule has 156 valence electrons. The molecule has 6 heteroatoms. The summed E-state index contributed by atoms with van der Waals surface area (Å²) in [7, 11) is 1.56. The lowest BCUT2D eigenvalue weighted by molar-refractivity contribution is -0.0322. The summed E-state index contributed by atoms with van der Waals surface area (Å²) in [6, 6.07) is 20.2. The van der Waals surface area contributed by atoms with E-state index in [1.165, 1.54) is 0 Å². The minimum absolute atomic E-state index is 0.0628. The molecule has 2 atom stereocenters. The van der Waals surface area contributed by atoms with E-state index in [0.29, 0.717) is 30.7 Å². The van der Waals surface area contributed by atoms with Gasteiger partial charge in [0.2, 0.25) is 5.88 Å². The van der Waals surface area contributed by atoms with E-state index < -0.39 is 5.60 Å². The molecule has 0 saturated heterocycles. The second-order valence-corrected chi connectivity index (χ2v) is 8.08. The van der Waals surface area contributed by atoms with Crippen molar-refractivity contribution in [3.63, 3.8) is 0 Å². The average Bonchev–Trinajstić information content (AvgIpc) is 3.15. The number of ether oxygens (including phenoxy) is 2. The number of hydrogen-bond acceptors (Lipinski definition) is 4. The molecule has 5 nitrogen and oxygen atoms in total. The summed E-state index contributed by atoms with van der Waals surface area (Å²) in [5.74, 6) is 0.382. The van der Waals surface area contributed by atoms with Gasteiger partial charge in [0.05, 0.1) is 25.5 Å². The third kappa shape index (κ3) is 3.48. The van der Waals surface area contributed by atoms with Gasteiger partial charge in [0.15, 0.2) is 0 Å². The zero-order valence-electron chi connectivity index (χ0n) is 17.2. The van der Waals surface area contributed by atoms with Gasteiger partial charge in [-0.05, 0) is 17.5 Å². The molecule has 0 fully saturated rings. The van der Waals surface area contributed by atoms with Gasteiger partial charge in [-0.2, -0.15) is 4.98 Å². The Morgan fingerprint density at radius 3 is 2.40 bits per heavy atom. The molecule has 1 aromatic heterocycles. The molecular formula is C24H25BrN2O3. The summed E-state index contributed by atoms with van der Waals surface area (Å²) in [4.78, 5) is 17.2. The van der Waals surface area contributed by atoms with Crippen LogP contribution in [0.1, 0.15) is 41.8 Å². The largest absolute Gasteiger partial charge is 0.481 e. The van der Waals surface area contributed by atoms with E-state index in [0.717, 1.165) is 22.4 Å². The number of nitrogens with zero attached hydrogens (tertiary/aromatic N) is 2. The molecule has 0 N–H and O–H groups in total. The molecule has 30 heavy (non-hydrogen) atoms. The highest BCUT2D eigenvalue weighted by Crippen LogP contribution is 2.49. The first-order valence-electron chi connectivity index (χ1n) is 10.1. The maximum absolute atomic E-state index is 13.0. The number of benzene rings is 2. The minimum Gasteiger partial charge on any atom is -0.481 e. The maximum Gasteiger partial charge on any atom is 0.351 e. The van der Waals surface area contributed by atoms with Crippen LogP contribution < -0.4 is 10.4 Å². The Hall–Kier alpha value is -2.44. The third-order valence-corrected chi connectivity index (χ3v) is 6.50. The fourth-order valence-electron chi connectivity index (χ4n) is 4.41. The van der Waals surface area contributed by atoms with E-state index in [4.69, 9.17) is 9.47 Å². The van der Waals surface area contributed by atoms with Crippen LogP contribution in [0.2, 0.25) is 0 Å². The van der Waals surface area contributed by atoms with Crippen LogP contribution in [0.4, 0.5) is 0 Å². The number of fused-ring (bicyclic) bond motifs is 1. The zero-order valence-corrected chi connectivity index (χ0v) is 18.8. The summed E-state index contributed by atoms with van der Waals surface area (Å²) < 4.78 is 14.1. The standard InChI is InChI=1S/C24H25BrN2O3/c1-3-20-21-24(18-12-8-5-9-13-18,30-16-17-10-6-4-7-11-17)14-19(15-25)27(21)23(28)26-22(20)29-2/h4-13,19H,3,14-16H2,1-2H3/t19-,24-/m0/s1. The Morgan fingerprint density at radius 1 is 1.13 bits per heavy atom. The second kappa shape index (κ2) is 8.74. The molecule has 0 bridgehead atoms. The molecule has 0 amide bonds. The first kappa shape index (κ1) is 20.8. The van der Waals surface area contributed by atoms with Crippen LogP contribution in [0, 0.1) is 0 Å². The van der Waals surface area contributed by atoms with Crippen molar-refractivity contribution in [1.82, 2.24) is 9.55 Å². The Balaban J connectivity index is 1.96. The normalized spacial score (nSPS) is 20.2. The summed E-state index contributed by atoms with van der Waals surface area (Å²) in [6.45, 7) is 2.49. The monoisotopic (exact) mass is 468 g/mol. The molecule has 4 rings (SSSR count). The van der Waals surface area contributed by atoms with Crippen LogP contribution in [0.5, 0.6) is 5.88 Å². The van der Waals surface area contributed by atoms with E-state index in [9.17, 15) is 4.79 Å². The smallest absolute Gasteiger partial charge is 0.351 e. The fraction of sp³-hybridized carbons (Fsp3) is 0.333. The predicted octanol–water partition coefficient (Wildman–Crippen LogP) is 4.61. The molecule has 1 aliphatic heterocycles. The number of hydrogen-bond donors (Lipinski definition) is 0. The Bertz CT molecular complexity index is 1070. The quantitative estimate of drug-likeness (QED) is 0.474. The van der Waals surface area contributed by atoms with Crippen LogP contribution >= 0.6 is 15.9 Å². The lowest BCUT2D eigenvalue weighted by Crippen LogP contribution is -2.34. The van der Waals surface area contributed by atoms with Crippen molar-refractivity contribution < 1.29 is 9.47 Å². The van der Waals surface area contributed by atoms with Crippen molar-refractivity contribution in [2.75, 3.05) is 12.4 Å².